The third kappa shape index (κ3) is 5.06. The minimum absolute atomic E-state index is 0.0771. The Morgan fingerprint density at radius 1 is 0.897 bits per heavy atom. The Balaban J connectivity index is 0.000000353. The van der Waals surface area contributed by atoms with Crippen LogP contribution in [0.5, 0.6) is 11.5 Å². The minimum atomic E-state index is -0.0771. The van der Waals surface area contributed by atoms with Crippen molar-refractivity contribution < 1.29 is 14.3 Å². The maximum atomic E-state index is 11.7. The van der Waals surface area contributed by atoms with E-state index in [0.29, 0.717) is 5.56 Å². The van der Waals surface area contributed by atoms with Gasteiger partial charge in [-0.2, -0.15) is 0 Å². The quantitative estimate of drug-likeness (QED) is 0.623. The summed E-state index contributed by atoms with van der Waals surface area (Å²) in [5.74, 6) is 1.48. The lowest BCUT2D eigenvalue weighted by molar-refractivity contribution is 0.0963. The molecule has 2 N–H and O–H groups in total. The molecule has 4 rings (SSSR count). The van der Waals surface area contributed by atoms with Gasteiger partial charge in [0.05, 0.1) is 0 Å². The summed E-state index contributed by atoms with van der Waals surface area (Å²) in [7, 11) is 1.63. The second-order valence-electron chi connectivity index (χ2n) is 6.78. The molecular formula is C24H28N2O3. The van der Waals surface area contributed by atoms with Crippen molar-refractivity contribution in [2.75, 3.05) is 26.9 Å². The summed E-state index contributed by atoms with van der Waals surface area (Å²) in [6, 6.07) is 17.8. The van der Waals surface area contributed by atoms with E-state index in [0.717, 1.165) is 46.5 Å². The van der Waals surface area contributed by atoms with Crippen molar-refractivity contribution >= 4 is 16.7 Å². The van der Waals surface area contributed by atoms with Gasteiger partial charge in [0.1, 0.15) is 0 Å². The number of carbonyl (C=O) groups excluding carboxylic acids is 1. The van der Waals surface area contributed by atoms with Gasteiger partial charge in [0.2, 0.25) is 6.79 Å². The van der Waals surface area contributed by atoms with Crippen molar-refractivity contribution in [2.24, 2.45) is 0 Å². The highest BCUT2D eigenvalue weighted by atomic mass is 16.7. The molecule has 5 nitrogen and oxygen atoms in total. The largest absolute Gasteiger partial charge is 0.454 e. The molecule has 0 spiro atoms. The average molecular weight is 392 g/mol. The second kappa shape index (κ2) is 9.94. The summed E-state index contributed by atoms with van der Waals surface area (Å²) >= 11 is 0. The maximum Gasteiger partial charge on any atom is 0.251 e. The molecule has 0 aliphatic carbocycles. The number of nitrogens with one attached hydrogen (secondary N) is 2. The SMILES string of the molecule is CCCNCC.CNC(=O)c1ccc2cc(-c3ccc4c(c3)OCO4)ccc2c1. The molecular weight excluding hydrogens is 364 g/mol. The summed E-state index contributed by atoms with van der Waals surface area (Å²) in [4.78, 5) is 11.7. The first-order chi connectivity index (χ1) is 14.2. The summed E-state index contributed by atoms with van der Waals surface area (Å²) in [6.07, 6.45) is 1.24. The van der Waals surface area contributed by atoms with Crippen LogP contribution in [0.15, 0.2) is 54.6 Å². The summed E-state index contributed by atoms with van der Waals surface area (Å²) in [5.41, 5.74) is 2.84. The molecule has 0 unspecified atom stereocenters. The van der Waals surface area contributed by atoms with Crippen LogP contribution in [0.2, 0.25) is 0 Å². The van der Waals surface area contributed by atoms with Crippen LogP contribution in [0.1, 0.15) is 30.6 Å². The van der Waals surface area contributed by atoms with Crippen molar-refractivity contribution in [3.05, 3.63) is 60.2 Å². The van der Waals surface area contributed by atoms with Crippen molar-refractivity contribution in [2.45, 2.75) is 20.3 Å². The van der Waals surface area contributed by atoms with Gasteiger partial charge in [-0.3, -0.25) is 4.79 Å². The highest BCUT2D eigenvalue weighted by Crippen LogP contribution is 2.36. The topological polar surface area (TPSA) is 59.6 Å². The van der Waals surface area contributed by atoms with Gasteiger partial charge in [-0.1, -0.05) is 38.1 Å². The molecule has 5 heteroatoms. The van der Waals surface area contributed by atoms with Crippen LogP contribution >= 0.6 is 0 Å². The van der Waals surface area contributed by atoms with E-state index < -0.39 is 0 Å². The molecule has 0 radical (unpaired) electrons. The molecule has 29 heavy (non-hydrogen) atoms. The van der Waals surface area contributed by atoms with Crippen LogP contribution in [0.4, 0.5) is 0 Å². The number of fused-ring (bicyclic) bond motifs is 2. The number of carbonyl (C=O) groups is 1. The molecule has 0 saturated carbocycles. The Hall–Kier alpha value is -3.05. The molecule has 1 aliphatic rings. The zero-order valence-corrected chi connectivity index (χ0v) is 17.2. The number of benzene rings is 3. The minimum Gasteiger partial charge on any atom is -0.454 e. The van der Waals surface area contributed by atoms with E-state index in [2.05, 4.69) is 30.5 Å². The number of hydrogen-bond donors (Lipinski definition) is 2. The molecule has 3 aromatic rings. The van der Waals surface area contributed by atoms with E-state index in [-0.39, 0.29) is 12.7 Å². The van der Waals surface area contributed by atoms with Gasteiger partial charge >= 0.3 is 0 Å². The first kappa shape index (κ1) is 20.7. The molecule has 152 valence electrons. The lowest BCUT2D eigenvalue weighted by Gasteiger charge is -2.07. The first-order valence-corrected chi connectivity index (χ1v) is 10.0. The smallest absolute Gasteiger partial charge is 0.251 e. The number of rotatable bonds is 5. The van der Waals surface area contributed by atoms with Gasteiger partial charge in [0, 0.05) is 12.6 Å². The fraction of sp³-hybridized carbons (Fsp3) is 0.292. The molecule has 3 aromatic carbocycles. The molecule has 0 atom stereocenters. The van der Waals surface area contributed by atoms with Gasteiger partial charge in [-0.05, 0) is 71.7 Å². The standard InChI is InChI=1S/C19H15NO3.C5H13N/c1-20-19(21)16-5-4-12-8-13(2-3-14(12)9-16)15-6-7-17-18(10-15)23-11-22-17;1-3-5-6-4-2/h2-10H,11H2,1H3,(H,20,21);6H,3-5H2,1-2H3. The first-order valence-electron chi connectivity index (χ1n) is 10.0. The zero-order chi connectivity index (χ0) is 20.6. The Labute approximate surface area is 172 Å². The summed E-state index contributed by atoms with van der Waals surface area (Å²) < 4.78 is 10.8. The number of hydrogen-bond acceptors (Lipinski definition) is 4. The second-order valence-corrected chi connectivity index (χ2v) is 6.78. The van der Waals surface area contributed by atoms with E-state index in [1.807, 2.05) is 48.5 Å². The number of amides is 1. The van der Waals surface area contributed by atoms with Gasteiger partial charge in [0.15, 0.2) is 11.5 Å². The van der Waals surface area contributed by atoms with Crippen LogP contribution in [-0.4, -0.2) is 32.8 Å². The van der Waals surface area contributed by atoms with Gasteiger partial charge in [0.25, 0.3) is 5.91 Å². The lowest BCUT2D eigenvalue weighted by Crippen LogP contribution is -2.17. The third-order valence-electron chi connectivity index (χ3n) is 4.71. The lowest BCUT2D eigenvalue weighted by atomic mass is 9.99. The fourth-order valence-corrected chi connectivity index (χ4v) is 3.14. The Bertz CT molecular complexity index is 981. The molecule has 0 fully saturated rings. The van der Waals surface area contributed by atoms with E-state index in [1.165, 1.54) is 6.42 Å². The van der Waals surface area contributed by atoms with Crippen molar-refractivity contribution in [1.82, 2.24) is 10.6 Å². The predicted molar refractivity (Wildman–Crippen MR) is 118 cm³/mol. The molecule has 1 amide bonds. The molecule has 1 heterocycles. The van der Waals surface area contributed by atoms with Crippen LogP contribution < -0.4 is 20.1 Å². The van der Waals surface area contributed by atoms with Gasteiger partial charge < -0.3 is 20.1 Å². The van der Waals surface area contributed by atoms with E-state index in [4.69, 9.17) is 9.47 Å². The Kier molecular flexibility index (Phi) is 7.09. The molecule has 0 saturated heterocycles. The molecule has 0 bridgehead atoms. The Morgan fingerprint density at radius 3 is 2.31 bits per heavy atom. The van der Waals surface area contributed by atoms with E-state index >= 15 is 0 Å². The fourth-order valence-electron chi connectivity index (χ4n) is 3.14. The van der Waals surface area contributed by atoms with Crippen LogP contribution in [0, 0.1) is 0 Å². The monoisotopic (exact) mass is 392 g/mol. The zero-order valence-electron chi connectivity index (χ0n) is 17.2. The van der Waals surface area contributed by atoms with Crippen LogP contribution in [-0.2, 0) is 0 Å². The maximum absolute atomic E-state index is 11.7. The molecule has 1 aliphatic heterocycles. The highest BCUT2D eigenvalue weighted by Gasteiger charge is 2.14. The van der Waals surface area contributed by atoms with E-state index in [1.54, 1.807) is 7.05 Å². The van der Waals surface area contributed by atoms with Gasteiger partial charge in [-0.15, -0.1) is 0 Å². The third-order valence-corrected chi connectivity index (χ3v) is 4.71. The van der Waals surface area contributed by atoms with Gasteiger partial charge in [-0.25, -0.2) is 0 Å². The highest BCUT2D eigenvalue weighted by molar-refractivity contribution is 5.99. The van der Waals surface area contributed by atoms with Crippen LogP contribution in [0.3, 0.4) is 0 Å². The average Bonchev–Trinajstić information content (AvgIpc) is 3.24. The summed E-state index contributed by atoms with van der Waals surface area (Å²) in [6.45, 7) is 6.83. The van der Waals surface area contributed by atoms with Crippen molar-refractivity contribution in [3.8, 4) is 22.6 Å². The summed E-state index contributed by atoms with van der Waals surface area (Å²) in [5, 5.41) is 7.97. The number of ether oxygens (including phenoxy) is 2. The van der Waals surface area contributed by atoms with Crippen LogP contribution in [0.25, 0.3) is 21.9 Å². The van der Waals surface area contributed by atoms with Crippen molar-refractivity contribution in [3.63, 3.8) is 0 Å². The predicted octanol–water partition coefficient (Wildman–Crippen LogP) is 4.60. The normalized spacial score (nSPS) is 11.7. The molecule has 0 aromatic heterocycles. The Morgan fingerprint density at radius 2 is 1.59 bits per heavy atom. The van der Waals surface area contributed by atoms with Crippen molar-refractivity contribution in [1.29, 1.82) is 0 Å². The van der Waals surface area contributed by atoms with E-state index in [9.17, 15) is 4.79 Å².